The maximum Gasteiger partial charge on any atom is 0.00672 e. The molecule has 1 N–H and O–H groups in total. The van der Waals surface area contributed by atoms with Crippen molar-refractivity contribution in [2.45, 2.75) is 53.0 Å². The third-order valence-electron chi connectivity index (χ3n) is 3.21. The van der Waals surface area contributed by atoms with Gasteiger partial charge in [-0.3, -0.25) is 0 Å². The van der Waals surface area contributed by atoms with Gasteiger partial charge in [0, 0.05) is 6.04 Å². The number of piperidine rings is 1. The first-order valence-corrected chi connectivity index (χ1v) is 5.27. The van der Waals surface area contributed by atoms with Gasteiger partial charge >= 0.3 is 0 Å². The molecule has 1 nitrogen and oxygen atoms in total. The molecule has 72 valence electrons. The summed E-state index contributed by atoms with van der Waals surface area (Å²) in [5, 5.41) is 3.57. The first-order valence-electron chi connectivity index (χ1n) is 5.27. The van der Waals surface area contributed by atoms with E-state index in [1.54, 1.807) is 0 Å². The lowest BCUT2D eigenvalue weighted by molar-refractivity contribution is 0.159. The van der Waals surface area contributed by atoms with Gasteiger partial charge in [0.05, 0.1) is 0 Å². The molecule has 0 saturated carbocycles. The Bertz CT molecular complexity index is 134. The van der Waals surface area contributed by atoms with Crippen LogP contribution in [-0.4, -0.2) is 12.6 Å². The van der Waals surface area contributed by atoms with Gasteiger partial charge in [0.15, 0.2) is 0 Å². The standard InChI is InChI=1S/C11H23N/c1-5-10-8-9(6-7-12-10)11(2,3)4/h9-10,12H,5-8H2,1-4H3. The van der Waals surface area contributed by atoms with Crippen LogP contribution in [0.1, 0.15) is 47.0 Å². The van der Waals surface area contributed by atoms with Crippen LogP contribution in [0.5, 0.6) is 0 Å². The summed E-state index contributed by atoms with van der Waals surface area (Å²) in [6.07, 6.45) is 4.02. The molecule has 0 radical (unpaired) electrons. The molecule has 1 fully saturated rings. The molecule has 0 aromatic rings. The van der Waals surface area contributed by atoms with Gasteiger partial charge in [0.2, 0.25) is 0 Å². The Morgan fingerprint density at radius 2 is 2.00 bits per heavy atom. The summed E-state index contributed by atoms with van der Waals surface area (Å²) in [5.74, 6) is 0.920. The smallest absolute Gasteiger partial charge is 0.00672 e. The van der Waals surface area contributed by atoms with Crippen molar-refractivity contribution in [3.8, 4) is 0 Å². The molecule has 1 heteroatoms. The van der Waals surface area contributed by atoms with Crippen molar-refractivity contribution >= 4 is 0 Å². The average molecular weight is 169 g/mol. The molecule has 0 bridgehead atoms. The second-order valence-corrected chi connectivity index (χ2v) is 5.15. The van der Waals surface area contributed by atoms with E-state index in [0.717, 1.165) is 12.0 Å². The first kappa shape index (κ1) is 10.0. The van der Waals surface area contributed by atoms with E-state index in [1.807, 2.05) is 0 Å². The van der Waals surface area contributed by atoms with Crippen LogP contribution in [0.15, 0.2) is 0 Å². The zero-order chi connectivity index (χ0) is 9.19. The average Bonchev–Trinajstić information content (AvgIpc) is 2.03. The number of nitrogens with one attached hydrogen (secondary N) is 1. The molecular formula is C11H23N. The second-order valence-electron chi connectivity index (χ2n) is 5.15. The van der Waals surface area contributed by atoms with Gasteiger partial charge in [-0.15, -0.1) is 0 Å². The Morgan fingerprint density at radius 3 is 2.50 bits per heavy atom. The van der Waals surface area contributed by atoms with Crippen LogP contribution in [0.4, 0.5) is 0 Å². The quantitative estimate of drug-likeness (QED) is 0.636. The van der Waals surface area contributed by atoms with Gasteiger partial charge in [0.1, 0.15) is 0 Å². The Hall–Kier alpha value is -0.0400. The van der Waals surface area contributed by atoms with Crippen molar-refractivity contribution in [1.82, 2.24) is 5.32 Å². The van der Waals surface area contributed by atoms with Crippen LogP contribution in [0.25, 0.3) is 0 Å². The van der Waals surface area contributed by atoms with Crippen LogP contribution in [0.2, 0.25) is 0 Å². The van der Waals surface area contributed by atoms with Gasteiger partial charge < -0.3 is 5.32 Å². The predicted octanol–water partition coefficient (Wildman–Crippen LogP) is 2.81. The minimum atomic E-state index is 0.509. The SMILES string of the molecule is CCC1CC(C(C)(C)C)CCN1. The summed E-state index contributed by atoms with van der Waals surface area (Å²) in [5.41, 5.74) is 0.509. The molecule has 1 saturated heterocycles. The van der Waals surface area contributed by atoms with E-state index in [-0.39, 0.29) is 0 Å². The molecule has 2 unspecified atom stereocenters. The van der Waals surface area contributed by atoms with Crippen molar-refractivity contribution < 1.29 is 0 Å². The van der Waals surface area contributed by atoms with Crippen LogP contribution in [0.3, 0.4) is 0 Å². The van der Waals surface area contributed by atoms with Gasteiger partial charge in [-0.2, -0.15) is 0 Å². The van der Waals surface area contributed by atoms with Crippen molar-refractivity contribution in [1.29, 1.82) is 0 Å². The Balaban J connectivity index is 2.46. The highest BCUT2D eigenvalue weighted by Crippen LogP contribution is 2.34. The minimum Gasteiger partial charge on any atom is -0.314 e. The summed E-state index contributed by atoms with van der Waals surface area (Å²) < 4.78 is 0. The van der Waals surface area contributed by atoms with Crippen molar-refractivity contribution in [2.24, 2.45) is 11.3 Å². The zero-order valence-electron chi connectivity index (χ0n) is 8.98. The van der Waals surface area contributed by atoms with Crippen LogP contribution in [0, 0.1) is 11.3 Å². The fourth-order valence-electron chi connectivity index (χ4n) is 2.10. The fourth-order valence-corrected chi connectivity index (χ4v) is 2.10. The molecule has 1 rings (SSSR count). The molecule has 1 aliphatic heterocycles. The maximum absolute atomic E-state index is 3.57. The predicted molar refractivity (Wildman–Crippen MR) is 54.3 cm³/mol. The van der Waals surface area contributed by atoms with Crippen molar-refractivity contribution in [2.75, 3.05) is 6.54 Å². The molecule has 0 amide bonds. The van der Waals surface area contributed by atoms with Crippen molar-refractivity contribution in [3.05, 3.63) is 0 Å². The van der Waals surface area contributed by atoms with Gasteiger partial charge in [-0.1, -0.05) is 27.7 Å². The Morgan fingerprint density at radius 1 is 1.33 bits per heavy atom. The van der Waals surface area contributed by atoms with Crippen LogP contribution in [-0.2, 0) is 0 Å². The summed E-state index contributed by atoms with van der Waals surface area (Å²) in [6, 6.07) is 0.781. The highest BCUT2D eigenvalue weighted by atomic mass is 14.9. The lowest BCUT2D eigenvalue weighted by atomic mass is 9.73. The highest BCUT2D eigenvalue weighted by Gasteiger charge is 2.29. The molecule has 12 heavy (non-hydrogen) atoms. The van der Waals surface area contributed by atoms with E-state index < -0.39 is 0 Å². The molecular weight excluding hydrogens is 146 g/mol. The van der Waals surface area contributed by atoms with E-state index in [2.05, 4.69) is 33.0 Å². The second kappa shape index (κ2) is 3.78. The fraction of sp³-hybridized carbons (Fsp3) is 1.00. The van der Waals surface area contributed by atoms with Gasteiger partial charge in [0.25, 0.3) is 0 Å². The van der Waals surface area contributed by atoms with Crippen molar-refractivity contribution in [3.63, 3.8) is 0 Å². The molecule has 0 aromatic heterocycles. The topological polar surface area (TPSA) is 12.0 Å². The first-order chi connectivity index (χ1) is 5.54. The summed E-state index contributed by atoms with van der Waals surface area (Å²) >= 11 is 0. The number of hydrogen-bond acceptors (Lipinski definition) is 1. The third kappa shape index (κ3) is 2.48. The monoisotopic (exact) mass is 169 g/mol. The van der Waals surface area contributed by atoms with E-state index in [9.17, 15) is 0 Å². The lowest BCUT2D eigenvalue weighted by Crippen LogP contribution is -2.41. The molecule has 1 aliphatic rings. The summed E-state index contributed by atoms with van der Waals surface area (Å²) in [6.45, 7) is 10.6. The summed E-state index contributed by atoms with van der Waals surface area (Å²) in [7, 11) is 0. The number of rotatable bonds is 1. The van der Waals surface area contributed by atoms with E-state index in [1.165, 1.54) is 25.8 Å². The van der Waals surface area contributed by atoms with Crippen LogP contribution < -0.4 is 5.32 Å². The normalized spacial score (nSPS) is 32.0. The van der Waals surface area contributed by atoms with E-state index >= 15 is 0 Å². The molecule has 2 atom stereocenters. The Kier molecular flexibility index (Phi) is 3.16. The highest BCUT2D eigenvalue weighted by molar-refractivity contribution is 4.83. The molecule has 0 aliphatic carbocycles. The largest absolute Gasteiger partial charge is 0.314 e. The molecule has 0 spiro atoms. The minimum absolute atomic E-state index is 0.509. The maximum atomic E-state index is 3.57. The lowest BCUT2D eigenvalue weighted by Gasteiger charge is -2.38. The summed E-state index contributed by atoms with van der Waals surface area (Å²) in [4.78, 5) is 0. The Labute approximate surface area is 76.9 Å². The molecule has 1 heterocycles. The van der Waals surface area contributed by atoms with Crippen LogP contribution >= 0.6 is 0 Å². The zero-order valence-corrected chi connectivity index (χ0v) is 8.98. The number of hydrogen-bond donors (Lipinski definition) is 1. The van der Waals surface area contributed by atoms with Gasteiger partial charge in [-0.05, 0) is 37.1 Å². The van der Waals surface area contributed by atoms with E-state index in [4.69, 9.17) is 0 Å². The van der Waals surface area contributed by atoms with Gasteiger partial charge in [-0.25, -0.2) is 0 Å². The van der Waals surface area contributed by atoms with E-state index in [0.29, 0.717) is 5.41 Å². The molecule has 0 aromatic carbocycles. The third-order valence-corrected chi connectivity index (χ3v) is 3.21.